The number of hydrogen-bond donors (Lipinski definition) is 3. The maximum absolute atomic E-state index is 5.72. The second-order valence-electron chi connectivity index (χ2n) is 4.46. The van der Waals surface area contributed by atoms with Gasteiger partial charge in [-0.05, 0) is 48.4 Å². The van der Waals surface area contributed by atoms with Crippen LogP contribution in [0.4, 0.5) is 11.4 Å². The van der Waals surface area contributed by atoms with Crippen LogP contribution in [0.2, 0.25) is 0 Å². The summed E-state index contributed by atoms with van der Waals surface area (Å²) in [5.74, 6) is 0.302. The molecule has 0 bridgehead atoms. The first-order valence-corrected chi connectivity index (χ1v) is 6.11. The molecule has 0 aliphatic heterocycles. The topological polar surface area (TPSA) is 78.1 Å². The summed E-state index contributed by atoms with van der Waals surface area (Å²) < 4.78 is 0. The Morgan fingerprint density at radius 1 is 0.722 bits per heavy atom. The maximum Gasteiger partial charge on any atom is 0.0314 e. The summed E-state index contributed by atoms with van der Waals surface area (Å²) in [6.45, 7) is 0.652. The Kier molecular flexibility index (Phi) is 3.85. The van der Waals surface area contributed by atoms with Crippen molar-refractivity contribution in [2.75, 3.05) is 18.0 Å². The zero-order chi connectivity index (χ0) is 13.0. The first-order valence-electron chi connectivity index (χ1n) is 6.11. The molecule has 0 fully saturated rings. The highest BCUT2D eigenvalue weighted by molar-refractivity contribution is 5.45. The molecule has 0 radical (unpaired) electrons. The smallest absolute Gasteiger partial charge is 0.0314 e. The van der Waals surface area contributed by atoms with Crippen molar-refractivity contribution in [3.63, 3.8) is 0 Å². The third-order valence-corrected chi connectivity index (χ3v) is 3.13. The average molecular weight is 241 g/mol. The highest BCUT2D eigenvalue weighted by Crippen LogP contribution is 2.28. The number of nitrogen functional groups attached to an aromatic ring is 2. The Hall–Kier alpha value is -2.00. The first kappa shape index (κ1) is 12.5. The van der Waals surface area contributed by atoms with Gasteiger partial charge < -0.3 is 17.2 Å². The van der Waals surface area contributed by atoms with Crippen LogP contribution >= 0.6 is 0 Å². The van der Waals surface area contributed by atoms with Crippen LogP contribution in [0.1, 0.15) is 23.5 Å². The third kappa shape index (κ3) is 2.81. The van der Waals surface area contributed by atoms with Gasteiger partial charge in [0.1, 0.15) is 0 Å². The molecule has 0 saturated heterocycles. The van der Waals surface area contributed by atoms with Crippen LogP contribution < -0.4 is 17.2 Å². The highest BCUT2D eigenvalue weighted by atomic mass is 14.5. The Morgan fingerprint density at radius 2 is 1.11 bits per heavy atom. The van der Waals surface area contributed by atoms with Crippen molar-refractivity contribution in [1.82, 2.24) is 0 Å². The van der Waals surface area contributed by atoms with Crippen LogP contribution in [0.5, 0.6) is 0 Å². The maximum atomic E-state index is 5.72. The number of nitrogens with two attached hydrogens (primary N) is 3. The fourth-order valence-corrected chi connectivity index (χ4v) is 2.15. The van der Waals surface area contributed by atoms with Crippen LogP contribution in [0.3, 0.4) is 0 Å². The molecular formula is C15H19N3. The second kappa shape index (κ2) is 5.56. The van der Waals surface area contributed by atoms with Crippen LogP contribution in [0, 0.1) is 0 Å². The summed E-state index contributed by atoms with van der Waals surface area (Å²) in [4.78, 5) is 0. The van der Waals surface area contributed by atoms with Gasteiger partial charge in [-0.2, -0.15) is 0 Å². The third-order valence-electron chi connectivity index (χ3n) is 3.13. The fourth-order valence-electron chi connectivity index (χ4n) is 2.15. The number of hydrogen-bond acceptors (Lipinski definition) is 3. The van der Waals surface area contributed by atoms with Crippen LogP contribution in [0.25, 0.3) is 0 Å². The van der Waals surface area contributed by atoms with E-state index in [0.717, 1.165) is 17.8 Å². The normalized spacial score (nSPS) is 10.8. The molecule has 0 unspecified atom stereocenters. The second-order valence-corrected chi connectivity index (χ2v) is 4.46. The Labute approximate surface area is 108 Å². The number of rotatable bonds is 4. The van der Waals surface area contributed by atoms with Crippen molar-refractivity contribution in [1.29, 1.82) is 0 Å². The standard InChI is InChI=1S/C15H19N3/c16-10-9-15(11-1-5-13(17)6-2-11)12-3-7-14(18)8-4-12/h1-8,15H,9-10,16-18H2. The van der Waals surface area contributed by atoms with Crippen molar-refractivity contribution in [3.05, 3.63) is 59.7 Å². The molecule has 0 aliphatic rings. The molecule has 0 amide bonds. The molecule has 18 heavy (non-hydrogen) atoms. The lowest BCUT2D eigenvalue weighted by atomic mass is 9.88. The molecule has 3 nitrogen and oxygen atoms in total. The van der Waals surface area contributed by atoms with Gasteiger partial charge in [0.25, 0.3) is 0 Å². The number of anilines is 2. The van der Waals surface area contributed by atoms with Gasteiger partial charge in [0.2, 0.25) is 0 Å². The van der Waals surface area contributed by atoms with E-state index >= 15 is 0 Å². The van der Waals surface area contributed by atoms with Crippen molar-refractivity contribution < 1.29 is 0 Å². The van der Waals surface area contributed by atoms with Gasteiger partial charge in [0, 0.05) is 17.3 Å². The van der Waals surface area contributed by atoms with Gasteiger partial charge in [0.05, 0.1) is 0 Å². The molecule has 0 aliphatic carbocycles. The van der Waals surface area contributed by atoms with E-state index in [1.807, 2.05) is 24.3 Å². The lowest BCUT2D eigenvalue weighted by Gasteiger charge is -2.17. The lowest BCUT2D eigenvalue weighted by Crippen LogP contribution is -2.09. The van der Waals surface area contributed by atoms with E-state index in [0.29, 0.717) is 12.5 Å². The van der Waals surface area contributed by atoms with Crippen molar-refractivity contribution in [2.45, 2.75) is 12.3 Å². The molecule has 2 aromatic carbocycles. The zero-order valence-corrected chi connectivity index (χ0v) is 10.3. The van der Waals surface area contributed by atoms with E-state index in [1.54, 1.807) is 0 Å². The van der Waals surface area contributed by atoms with Gasteiger partial charge in [-0.25, -0.2) is 0 Å². The quantitative estimate of drug-likeness (QED) is 0.719. The summed E-state index contributed by atoms with van der Waals surface area (Å²) >= 11 is 0. The molecule has 2 aromatic rings. The van der Waals surface area contributed by atoms with E-state index < -0.39 is 0 Å². The van der Waals surface area contributed by atoms with Crippen LogP contribution in [0.15, 0.2) is 48.5 Å². The van der Waals surface area contributed by atoms with Gasteiger partial charge in [-0.3, -0.25) is 0 Å². The van der Waals surface area contributed by atoms with Crippen molar-refractivity contribution in [3.8, 4) is 0 Å². The molecule has 0 atom stereocenters. The van der Waals surface area contributed by atoms with E-state index in [2.05, 4.69) is 24.3 Å². The lowest BCUT2D eigenvalue weighted by molar-refractivity contribution is 0.726. The minimum atomic E-state index is 0.302. The molecular weight excluding hydrogens is 222 g/mol. The van der Waals surface area contributed by atoms with E-state index in [4.69, 9.17) is 17.2 Å². The molecule has 0 spiro atoms. The summed E-state index contributed by atoms with van der Waals surface area (Å²) in [6.07, 6.45) is 0.911. The van der Waals surface area contributed by atoms with Gasteiger partial charge in [-0.1, -0.05) is 24.3 Å². The van der Waals surface area contributed by atoms with Gasteiger partial charge in [0.15, 0.2) is 0 Å². The molecule has 0 heterocycles. The van der Waals surface area contributed by atoms with Crippen molar-refractivity contribution >= 4 is 11.4 Å². The van der Waals surface area contributed by atoms with E-state index in [1.165, 1.54) is 11.1 Å². The summed E-state index contributed by atoms with van der Waals surface area (Å²) in [5, 5.41) is 0. The van der Waals surface area contributed by atoms with E-state index in [-0.39, 0.29) is 0 Å². The Bertz CT molecular complexity index is 443. The summed E-state index contributed by atoms with van der Waals surface area (Å²) in [5.41, 5.74) is 21.2. The molecule has 0 aromatic heterocycles. The average Bonchev–Trinajstić information content (AvgIpc) is 2.39. The molecule has 3 heteroatoms. The highest BCUT2D eigenvalue weighted by Gasteiger charge is 2.13. The Balaban J connectivity index is 2.33. The van der Waals surface area contributed by atoms with Crippen molar-refractivity contribution in [2.24, 2.45) is 5.73 Å². The van der Waals surface area contributed by atoms with Crippen LogP contribution in [-0.4, -0.2) is 6.54 Å². The molecule has 2 rings (SSSR count). The zero-order valence-electron chi connectivity index (χ0n) is 10.3. The molecule has 0 saturated carbocycles. The SMILES string of the molecule is NCCC(c1ccc(N)cc1)c1ccc(N)cc1. The number of benzene rings is 2. The monoisotopic (exact) mass is 241 g/mol. The van der Waals surface area contributed by atoms with E-state index in [9.17, 15) is 0 Å². The Morgan fingerprint density at radius 3 is 1.44 bits per heavy atom. The predicted molar refractivity (Wildman–Crippen MR) is 77.2 cm³/mol. The fraction of sp³-hybridized carbons (Fsp3) is 0.200. The minimum absolute atomic E-state index is 0.302. The first-order chi connectivity index (χ1) is 8.70. The summed E-state index contributed by atoms with van der Waals surface area (Å²) in [7, 11) is 0. The minimum Gasteiger partial charge on any atom is -0.399 e. The van der Waals surface area contributed by atoms with Gasteiger partial charge in [-0.15, -0.1) is 0 Å². The largest absolute Gasteiger partial charge is 0.399 e. The molecule has 94 valence electrons. The molecule has 6 N–H and O–H groups in total. The summed E-state index contributed by atoms with van der Waals surface area (Å²) in [6, 6.07) is 16.0. The van der Waals surface area contributed by atoms with Crippen LogP contribution in [-0.2, 0) is 0 Å². The predicted octanol–water partition coefficient (Wildman–Crippen LogP) is 2.33. The van der Waals surface area contributed by atoms with Gasteiger partial charge >= 0.3 is 0 Å².